The van der Waals surface area contributed by atoms with Crippen molar-refractivity contribution in [2.45, 2.75) is 65.5 Å². The molecule has 0 bridgehead atoms. The second kappa shape index (κ2) is 8.50. The molecule has 1 N–H and O–H groups in total. The van der Waals surface area contributed by atoms with Gasteiger partial charge in [-0.1, -0.05) is 27.7 Å². The van der Waals surface area contributed by atoms with E-state index in [0.29, 0.717) is 6.04 Å². The van der Waals surface area contributed by atoms with Gasteiger partial charge in [-0.05, 0) is 43.4 Å². The Hall–Kier alpha value is -0.120. The maximum absolute atomic E-state index is 5.85. The molecule has 1 heterocycles. The number of nitrogens with zero attached hydrogens (tertiary/aromatic N) is 1. The fraction of sp³-hybridized carbons (Fsp3) is 1.00. The average molecular weight is 296 g/mol. The van der Waals surface area contributed by atoms with Crippen LogP contribution in [0.15, 0.2) is 0 Å². The molecule has 124 valence electrons. The SMILES string of the molecule is CC(C)CCOCCN1CC(CC(C)C)NCC1C1CC1. The predicted octanol–water partition coefficient (Wildman–Crippen LogP) is 3.15. The lowest BCUT2D eigenvalue weighted by molar-refractivity contribution is 0.0523. The molecule has 2 aliphatic rings. The van der Waals surface area contributed by atoms with E-state index in [1.807, 2.05) is 0 Å². The first-order valence-electron chi connectivity index (χ1n) is 9.11. The van der Waals surface area contributed by atoms with Gasteiger partial charge in [0, 0.05) is 38.3 Å². The van der Waals surface area contributed by atoms with Gasteiger partial charge in [-0.25, -0.2) is 0 Å². The monoisotopic (exact) mass is 296 g/mol. The number of nitrogens with one attached hydrogen (secondary N) is 1. The molecule has 0 spiro atoms. The van der Waals surface area contributed by atoms with Gasteiger partial charge in [0.25, 0.3) is 0 Å². The molecule has 0 aromatic rings. The van der Waals surface area contributed by atoms with Crippen LogP contribution < -0.4 is 5.32 Å². The fourth-order valence-corrected chi connectivity index (χ4v) is 3.43. The molecule has 3 nitrogen and oxygen atoms in total. The number of piperazine rings is 1. The second-order valence-electron chi connectivity index (χ2n) is 7.93. The molecular weight excluding hydrogens is 260 g/mol. The molecule has 0 radical (unpaired) electrons. The highest BCUT2D eigenvalue weighted by molar-refractivity contribution is 4.95. The van der Waals surface area contributed by atoms with E-state index in [-0.39, 0.29) is 0 Å². The first kappa shape index (κ1) is 17.2. The fourth-order valence-electron chi connectivity index (χ4n) is 3.43. The van der Waals surface area contributed by atoms with Crippen molar-refractivity contribution >= 4 is 0 Å². The minimum absolute atomic E-state index is 0.677. The van der Waals surface area contributed by atoms with Gasteiger partial charge < -0.3 is 10.1 Å². The topological polar surface area (TPSA) is 24.5 Å². The van der Waals surface area contributed by atoms with E-state index in [2.05, 4.69) is 37.9 Å². The van der Waals surface area contributed by atoms with Crippen LogP contribution in [0.25, 0.3) is 0 Å². The summed E-state index contributed by atoms with van der Waals surface area (Å²) in [7, 11) is 0. The summed E-state index contributed by atoms with van der Waals surface area (Å²) >= 11 is 0. The van der Waals surface area contributed by atoms with Crippen LogP contribution in [0.3, 0.4) is 0 Å². The summed E-state index contributed by atoms with van der Waals surface area (Å²) in [4.78, 5) is 2.72. The third-order valence-electron chi connectivity index (χ3n) is 4.82. The highest BCUT2D eigenvalue weighted by Gasteiger charge is 2.38. The molecule has 2 rings (SSSR count). The molecule has 2 unspecified atom stereocenters. The minimum Gasteiger partial charge on any atom is -0.380 e. The van der Waals surface area contributed by atoms with Crippen LogP contribution in [-0.4, -0.2) is 49.8 Å². The van der Waals surface area contributed by atoms with E-state index in [9.17, 15) is 0 Å². The lowest BCUT2D eigenvalue weighted by Gasteiger charge is -2.41. The van der Waals surface area contributed by atoms with E-state index in [1.165, 1.54) is 38.8 Å². The zero-order valence-corrected chi connectivity index (χ0v) is 14.6. The van der Waals surface area contributed by atoms with Crippen molar-refractivity contribution in [2.75, 3.05) is 32.8 Å². The summed E-state index contributed by atoms with van der Waals surface area (Å²) in [6, 6.07) is 1.44. The largest absolute Gasteiger partial charge is 0.380 e. The molecule has 0 aromatic heterocycles. The van der Waals surface area contributed by atoms with Gasteiger partial charge in [-0.15, -0.1) is 0 Å². The van der Waals surface area contributed by atoms with Crippen molar-refractivity contribution in [2.24, 2.45) is 17.8 Å². The highest BCUT2D eigenvalue weighted by Crippen LogP contribution is 2.36. The molecular formula is C18H36N2O. The molecule has 1 aliphatic heterocycles. The van der Waals surface area contributed by atoms with Gasteiger partial charge in [0.05, 0.1) is 6.61 Å². The van der Waals surface area contributed by atoms with E-state index >= 15 is 0 Å². The van der Waals surface area contributed by atoms with Crippen LogP contribution in [0.4, 0.5) is 0 Å². The summed E-state index contributed by atoms with van der Waals surface area (Å²) in [5, 5.41) is 3.79. The van der Waals surface area contributed by atoms with E-state index in [4.69, 9.17) is 4.74 Å². The summed E-state index contributed by atoms with van der Waals surface area (Å²) in [5.41, 5.74) is 0. The second-order valence-corrected chi connectivity index (χ2v) is 7.93. The first-order valence-corrected chi connectivity index (χ1v) is 9.11. The predicted molar refractivity (Wildman–Crippen MR) is 89.6 cm³/mol. The standard InChI is InChI=1S/C18H36N2O/c1-14(2)7-9-21-10-8-20-13-17(11-15(3)4)19-12-18(20)16-5-6-16/h14-19H,5-13H2,1-4H3. The van der Waals surface area contributed by atoms with E-state index < -0.39 is 0 Å². The van der Waals surface area contributed by atoms with Crippen LogP contribution in [-0.2, 0) is 4.74 Å². The zero-order valence-electron chi connectivity index (χ0n) is 14.6. The Morgan fingerprint density at radius 2 is 1.86 bits per heavy atom. The molecule has 21 heavy (non-hydrogen) atoms. The third-order valence-corrected chi connectivity index (χ3v) is 4.82. The average Bonchev–Trinajstić information content (AvgIpc) is 3.22. The smallest absolute Gasteiger partial charge is 0.0593 e. The maximum Gasteiger partial charge on any atom is 0.0593 e. The molecule has 3 heteroatoms. The number of hydrogen-bond acceptors (Lipinski definition) is 3. The molecule has 1 saturated carbocycles. The quantitative estimate of drug-likeness (QED) is 0.662. The van der Waals surface area contributed by atoms with Gasteiger partial charge in [-0.2, -0.15) is 0 Å². The molecule has 0 aromatic carbocycles. The van der Waals surface area contributed by atoms with Crippen LogP contribution in [0.2, 0.25) is 0 Å². The Balaban J connectivity index is 1.72. The Labute approximate surface area is 131 Å². The molecule has 2 atom stereocenters. The first-order chi connectivity index (χ1) is 10.1. The number of ether oxygens (including phenoxy) is 1. The molecule has 0 amide bonds. The highest BCUT2D eigenvalue weighted by atomic mass is 16.5. The van der Waals surface area contributed by atoms with Crippen molar-refractivity contribution < 1.29 is 4.74 Å². The van der Waals surface area contributed by atoms with Gasteiger partial charge in [0.1, 0.15) is 0 Å². The van der Waals surface area contributed by atoms with Gasteiger partial charge in [0.2, 0.25) is 0 Å². The van der Waals surface area contributed by atoms with Crippen molar-refractivity contribution in [3.63, 3.8) is 0 Å². The Morgan fingerprint density at radius 3 is 2.48 bits per heavy atom. The van der Waals surface area contributed by atoms with Crippen molar-refractivity contribution in [1.29, 1.82) is 0 Å². The number of rotatable bonds is 9. The number of hydrogen-bond donors (Lipinski definition) is 1. The van der Waals surface area contributed by atoms with Crippen LogP contribution in [0.1, 0.15) is 53.4 Å². The Morgan fingerprint density at radius 1 is 1.10 bits per heavy atom. The molecule has 1 saturated heterocycles. The van der Waals surface area contributed by atoms with Crippen LogP contribution in [0.5, 0.6) is 0 Å². The summed E-state index contributed by atoms with van der Waals surface area (Å²) in [5.74, 6) is 2.48. The lowest BCUT2D eigenvalue weighted by atomic mass is 9.98. The summed E-state index contributed by atoms with van der Waals surface area (Å²) in [6.07, 6.45) is 5.35. The van der Waals surface area contributed by atoms with Crippen molar-refractivity contribution in [3.8, 4) is 0 Å². The summed E-state index contributed by atoms with van der Waals surface area (Å²) < 4.78 is 5.85. The van der Waals surface area contributed by atoms with E-state index in [0.717, 1.165) is 43.6 Å². The lowest BCUT2D eigenvalue weighted by Crippen LogP contribution is -2.58. The van der Waals surface area contributed by atoms with Crippen LogP contribution in [0, 0.1) is 17.8 Å². The summed E-state index contributed by atoms with van der Waals surface area (Å²) in [6.45, 7) is 14.5. The van der Waals surface area contributed by atoms with Gasteiger partial charge in [0.15, 0.2) is 0 Å². The van der Waals surface area contributed by atoms with E-state index in [1.54, 1.807) is 0 Å². The van der Waals surface area contributed by atoms with Crippen molar-refractivity contribution in [1.82, 2.24) is 10.2 Å². The van der Waals surface area contributed by atoms with Crippen molar-refractivity contribution in [3.05, 3.63) is 0 Å². The van der Waals surface area contributed by atoms with Gasteiger partial charge in [-0.3, -0.25) is 4.90 Å². The molecule has 2 fully saturated rings. The maximum atomic E-state index is 5.85. The third kappa shape index (κ3) is 6.25. The normalized spacial score (nSPS) is 27.7. The Kier molecular flexibility index (Phi) is 6.97. The van der Waals surface area contributed by atoms with Crippen LogP contribution >= 0.6 is 0 Å². The zero-order chi connectivity index (χ0) is 15.2. The molecule has 1 aliphatic carbocycles. The van der Waals surface area contributed by atoms with Gasteiger partial charge >= 0.3 is 0 Å². The minimum atomic E-state index is 0.677. The Bertz CT molecular complexity index is 289.